The minimum Gasteiger partial charge on any atom is -0.377 e. The van der Waals surface area contributed by atoms with Gasteiger partial charge in [0.1, 0.15) is 0 Å². The Kier molecular flexibility index (Phi) is 3.37. The predicted molar refractivity (Wildman–Crippen MR) is 72.6 cm³/mol. The smallest absolute Gasteiger partial charge is 0.0760 e. The van der Waals surface area contributed by atoms with Crippen molar-refractivity contribution in [3.8, 4) is 0 Å². The highest BCUT2D eigenvalue weighted by molar-refractivity contribution is 5.23. The Bertz CT molecular complexity index is 387. The van der Waals surface area contributed by atoms with Gasteiger partial charge in [0.25, 0.3) is 0 Å². The van der Waals surface area contributed by atoms with Crippen molar-refractivity contribution in [2.45, 2.75) is 37.5 Å². The maximum atomic E-state index is 6.12. The topological polar surface area (TPSA) is 38.5 Å². The summed E-state index contributed by atoms with van der Waals surface area (Å²) in [6.07, 6.45) is 1.38. The quantitative estimate of drug-likeness (QED) is 0.877. The molecule has 1 aliphatic heterocycles. The first-order valence-electron chi connectivity index (χ1n) is 6.95. The zero-order chi connectivity index (χ0) is 12.5. The highest BCUT2D eigenvalue weighted by Crippen LogP contribution is 2.36. The van der Waals surface area contributed by atoms with Crippen LogP contribution in [0, 0.1) is 0 Å². The lowest BCUT2D eigenvalue weighted by molar-refractivity contribution is -0.101. The fourth-order valence-corrected chi connectivity index (χ4v) is 3.21. The summed E-state index contributed by atoms with van der Waals surface area (Å²) in [7, 11) is 0. The summed E-state index contributed by atoms with van der Waals surface area (Å²) in [5.41, 5.74) is 7.57. The van der Waals surface area contributed by atoms with Gasteiger partial charge in [0, 0.05) is 31.7 Å². The van der Waals surface area contributed by atoms with Crippen LogP contribution in [0.25, 0.3) is 0 Å². The summed E-state index contributed by atoms with van der Waals surface area (Å²) < 4.78 is 5.74. The number of hydrogen-bond acceptors (Lipinski definition) is 3. The van der Waals surface area contributed by atoms with Gasteiger partial charge in [-0.2, -0.15) is 0 Å². The highest BCUT2D eigenvalue weighted by atomic mass is 16.5. The lowest BCUT2D eigenvalue weighted by Crippen LogP contribution is -2.69. The molecule has 1 saturated carbocycles. The molecule has 98 valence electrons. The predicted octanol–water partition coefficient (Wildman–Crippen LogP) is 1.59. The Morgan fingerprint density at radius 3 is 2.61 bits per heavy atom. The first kappa shape index (κ1) is 12.2. The molecule has 2 N–H and O–H groups in total. The van der Waals surface area contributed by atoms with Gasteiger partial charge in [-0.15, -0.1) is 0 Å². The van der Waals surface area contributed by atoms with Crippen molar-refractivity contribution in [1.82, 2.24) is 4.90 Å². The van der Waals surface area contributed by atoms with Crippen molar-refractivity contribution < 1.29 is 4.74 Å². The van der Waals surface area contributed by atoms with E-state index in [1.165, 1.54) is 5.56 Å². The average molecular weight is 246 g/mol. The van der Waals surface area contributed by atoms with Crippen molar-refractivity contribution in [3.05, 3.63) is 35.9 Å². The number of hydrogen-bond donors (Lipinski definition) is 1. The summed E-state index contributed by atoms with van der Waals surface area (Å²) in [5.74, 6) is 0.682. The molecule has 0 amide bonds. The van der Waals surface area contributed by atoms with Crippen LogP contribution in [-0.2, 0) is 4.74 Å². The summed E-state index contributed by atoms with van der Waals surface area (Å²) in [4.78, 5) is 2.49. The van der Waals surface area contributed by atoms with Crippen LogP contribution in [0.3, 0.4) is 0 Å². The largest absolute Gasteiger partial charge is 0.377 e. The van der Waals surface area contributed by atoms with Gasteiger partial charge in [-0.3, -0.25) is 4.90 Å². The van der Waals surface area contributed by atoms with Gasteiger partial charge in [0.2, 0.25) is 0 Å². The van der Waals surface area contributed by atoms with E-state index in [9.17, 15) is 0 Å². The molecule has 18 heavy (non-hydrogen) atoms. The molecule has 1 aliphatic carbocycles. The molecule has 2 aliphatic rings. The number of likely N-dealkylation sites (tertiary alicyclic amines) is 1. The Morgan fingerprint density at radius 1 is 1.28 bits per heavy atom. The van der Waals surface area contributed by atoms with E-state index in [4.69, 9.17) is 10.5 Å². The summed E-state index contributed by atoms with van der Waals surface area (Å²) in [6, 6.07) is 11.5. The standard InChI is InChI=1S/C15H22N2O/c1-2-18-14-8-13(16)15(14)17-9-12(10-17)11-6-4-3-5-7-11/h3-7,12-15H,2,8-10,16H2,1H3. The number of benzene rings is 1. The molecule has 1 heterocycles. The van der Waals surface area contributed by atoms with Gasteiger partial charge in [-0.1, -0.05) is 30.3 Å². The SMILES string of the molecule is CCOC1CC(N)C1N1CC(c2ccccc2)C1. The number of nitrogens with two attached hydrogens (primary N) is 1. The van der Waals surface area contributed by atoms with E-state index < -0.39 is 0 Å². The van der Waals surface area contributed by atoms with E-state index in [1.807, 2.05) is 0 Å². The molecular formula is C15H22N2O. The van der Waals surface area contributed by atoms with Crippen molar-refractivity contribution in [2.75, 3.05) is 19.7 Å². The molecule has 0 spiro atoms. The van der Waals surface area contributed by atoms with Crippen molar-refractivity contribution in [2.24, 2.45) is 5.73 Å². The molecule has 1 saturated heterocycles. The first-order valence-corrected chi connectivity index (χ1v) is 6.95. The molecule has 0 radical (unpaired) electrons. The second kappa shape index (κ2) is 5.00. The normalized spacial score (nSPS) is 32.9. The third kappa shape index (κ3) is 2.07. The van der Waals surface area contributed by atoms with Gasteiger partial charge in [-0.25, -0.2) is 0 Å². The van der Waals surface area contributed by atoms with Crippen LogP contribution in [-0.4, -0.2) is 42.8 Å². The molecule has 2 fully saturated rings. The van der Waals surface area contributed by atoms with E-state index in [0.29, 0.717) is 24.1 Å². The van der Waals surface area contributed by atoms with E-state index >= 15 is 0 Å². The maximum Gasteiger partial charge on any atom is 0.0760 e. The molecule has 3 unspecified atom stereocenters. The van der Waals surface area contributed by atoms with Gasteiger partial charge >= 0.3 is 0 Å². The molecule has 0 bridgehead atoms. The van der Waals surface area contributed by atoms with Gasteiger partial charge in [-0.05, 0) is 18.9 Å². The van der Waals surface area contributed by atoms with Crippen LogP contribution >= 0.6 is 0 Å². The minimum atomic E-state index is 0.304. The summed E-state index contributed by atoms with van der Waals surface area (Å²) in [5, 5.41) is 0. The van der Waals surface area contributed by atoms with Crippen LogP contribution < -0.4 is 5.73 Å². The van der Waals surface area contributed by atoms with E-state index in [1.54, 1.807) is 0 Å². The number of rotatable bonds is 4. The Labute approximate surface area is 109 Å². The zero-order valence-electron chi connectivity index (χ0n) is 11.0. The third-order valence-corrected chi connectivity index (χ3v) is 4.31. The Balaban J connectivity index is 1.56. The molecule has 0 aromatic heterocycles. The van der Waals surface area contributed by atoms with E-state index in [0.717, 1.165) is 26.1 Å². The van der Waals surface area contributed by atoms with Crippen LogP contribution in [0.4, 0.5) is 0 Å². The van der Waals surface area contributed by atoms with Crippen LogP contribution in [0.15, 0.2) is 30.3 Å². The monoisotopic (exact) mass is 246 g/mol. The second-order valence-corrected chi connectivity index (χ2v) is 5.45. The Morgan fingerprint density at radius 2 is 2.00 bits per heavy atom. The van der Waals surface area contributed by atoms with Gasteiger partial charge in [0.05, 0.1) is 12.1 Å². The number of ether oxygens (including phenoxy) is 1. The van der Waals surface area contributed by atoms with Crippen molar-refractivity contribution in [1.29, 1.82) is 0 Å². The van der Waals surface area contributed by atoms with Crippen molar-refractivity contribution >= 4 is 0 Å². The van der Waals surface area contributed by atoms with Crippen LogP contribution in [0.2, 0.25) is 0 Å². The van der Waals surface area contributed by atoms with Crippen molar-refractivity contribution in [3.63, 3.8) is 0 Å². The molecule has 1 aromatic rings. The van der Waals surface area contributed by atoms with Crippen LogP contribution in [0.5, 0.6) is 0 Å². The molecular weight excluding hydrogens is 224 g/mol. The fraction of sp³-hybridized carbons (Fsp3) is 0.600. The maximum absolute atomic E-state index is 6.12. The van der Waals surface area contributed by atoms with Gasteiger partial charge in [0.15, 0.2) is 0 Å². The summed E-state index contributed by atoms with van der Waals surface area (Å²) in [6.45, 7) is 5.12. The molecule has 3 atom stereocenters. The molecule has 3 nitrogen and oxygen atoms in total. The fourth-order valence-electron chi connectivity index (χ4n) is 3.21. The van der Waals surface area contributed by atoms with Gasteiger partial charge < -0.3 is 10.5 Å². The molecule has 3 heteroatoms. The highest BCUT2D eigenvalue weighted by Gasteiger charge is 2.47. The second-order valence-electron chi connectivity index (χ2n) is 5.45. The first-order chi connectivity index (χ1) is 8.79. The molecule has 3 rings (SSSR count). The number of nitrogens with zero attached hydrogens (tertiary/aromatic N) is 1. The summed E-state index contributed by atoms with van der Waals surface area (Å²) >= 11 is 0. The third-order valence-electron chi connectivity index (χ3n) is 4.31. The lowest BCUT2D eigenvalue weighted by Gasteiger charge is -2.54. The minimum absolute atomic E-state index is 0.304. The Hall–Kier alpha value is -0.900. The van der Waals surface area contributed by atoms with E-state index in [2.05, 4.69) is 42.2 Å². The lowest BCUT2D eigenvalue weighted by atomic mass is 9.78. The average Bonchev–Trinajstić information content (AvgIpc) is 2.34. The van der Waals surface area contributed by atoms with E-state index in [-0.39, 0.29) is 0 Å². The van der Waals surface area contributed by atoms with Crippen LogP contribution in [0.1, 0.15) is 24.8 Å². The zero-order valence-corrected chi connectivity index (χ0v) is 11.0. The molecule has 1 aromatic carbocycles.